The Morgan fingerprint density at radius 3 is 2.41 bits per heavy atom. The van der Waals surface area contributed by atoms with E-state index in [-0.39, 0.29) is 17.2 Å². The van der Waals surface area contributed by atoms with Gasteiger partial charge in [-0.3, -0.25) is 14.4 Å². The molecule has 2 heterocycles. The number of likely N-dealkylation sites (tertiary alicyclic amines) is 1. The molecule has 1 aromatic carbocycles. The molecule has 0 saturated carbocycles. The molecule has 0 unspecified atom stereocenters. The predicted octanol–water partition coefficient (Wildman–Crippen LogP) is 4.03. The molecule has 1 aliphatic heterocycles. The highest BCUT2D eigenvalue weighted by atomic mass is 79.9. The Kier molecular flexibility index (Phi) is 6.38. The number of hydrogen-bond donors (Lipinski definition) is 2. The number of thiophene rings is 1. The summed E-state index contributed by atoms with van der Waals surface area (Å²) in [4.78, 5) is 39.5. The summed E-state index contributed by atoms with van der Waals surface area (Å²) in [5.41, 5.74) is -1.07. The van der Waals surface area contributed by atoms with Gasteiger partial charge in [0.25, 0.3) is 11.8 Å². The van der Waals surface area contributed by atoms with E-state index in [9.17, 15) is 18.8 Å². The van der Waals surface area contributed by atoms with Crippen LogP contribution in [0.1, 0.15) is 46.7 Å². The van der Waals surface area contributed by atoms with Crippen molar-refractivity contribution in [3.63, 3.8) is 0 Å². The van der Waals surface area contributed by atoms with Crippen LogP contribution in [0.4, 0.5) is 10.1 Å². The average molecular weight is 482 g/mol. The Bertz CT molecular complexity index is 954. The number of halogens is 2. The largest absolute Gasteiger partial charge is 0.339 e. The van der Waals surface area contributed by atoms with E-state index < -0.39 is 23.2 Å². The first-order valence-corrected chi connectivity index (χ1v) is 10.8. The van der Waals surface area contributed by atoms with Crippen molar-refractivity contribution in [3.8, 4) is 0 Å². The van der Waals surface area contributed by atoms with Gasteiger partial charge in [-0.2, -0.15) is 0 Å². The second-order valence-corrected chi connectivity index (χ2v) is 9.79. The standard InChI is InChI=1S/C20H21BrFN3O3S/c1-20(2,24-17(26)15-7-8-16(21)29-15)19(28)23-14-6-5-12(11-13(14)22)18(27)25-9-3-4-10-25/h5-8,11H,3-4,9-10H2,1-2H3,(H,23,28)(H,24,26). The number of nitrogens with zero attached hydrogens (tertiary/aromatic N) is 1. The second kappa shape index (κ2) is 8.62. The van der Waals surface area contributed by atoms with Crippen LogP contribution in [0, 0.1) is 5.82 Å². The highest BCUT2D eigenvalue weighted by Crippen LogP contribution is 2.23. The first kappa shape index (κ1) is 21.4. The van der Waals surface area contributed by atoms with Crippen LogP contribution < -0.4 is 10.6 Å². The van der Waals surface area contributed by atoms with Crippen LogP contribution >= 0.6 is 27.3 Å². The van der Waals surface area contributed by atoms with Gasteiger partial charge in [-0.1, -0.05) is 0 Å². The van der Waals surface area contributed by atoms with E-state index in [0.29, 0.717) is 18.0 Å². The third-order valence-corrected chi connectivity index (χ3v) is 6.27. The number of amides is 3. The van der Waals surface area contributed by atoms with Crippen molar-refractivity contribution in [2.45, 2.75) is 32.2 Å². The van der Waals surface area contributed by atoms with Gasteiger partial charge in [0.1, 0.15) is 11.4 Å². The number of benzene rings is 1. The molecular weight excluding hydrogens is 461 g/mol. The molecule has 29 heavy (non-hydrogen) atoms. The minimum atomic E-state index is -1.27. The lowest BCUT2D eigenvalue weighted by atomic mass is 10.0. The third kappa shape index (κ3) is 5.02. The topological polar surface area (TPSA) is 78.5 Å². The number of hydrogen-bond acceptors (Lipinski definition) is 4. The molecule has 9 heteroatoms. The molecule has 1 aliphatic rings. The fourth-order valence-electron chi connectivity index (χ4n) is 2.97. The van der Waals surface area contributed by atoms with Crippen molar-refractivity contribution in [3.05, 3.63) is 50.4 Å². The Hall–Kier alpha value is -2.26. The molecule has 3 rings (SSSR count). The van der Waals surface area contributed by atoms with Crippen LogP contribution in [0.3, 0.4) is 0 Å². The molecule has 3 amide bonds. The van der Waals surface area contributed by atoms with Gasteiger partial charge >= 0.3 is 0 Å². The maximum atomic E-state index is 14.5. The van der Waals surface area contributed by atoms with E-state index in [0.717, 1.165) is 22.7 Å². The Labute approximate surface area is 180 Å². The first-order valence-electron chi connectivity index (χ1n) is 9.15. The fourth-order valence-corrected chi connectivity index (χ4v) is 4.25. The molecule has 0 spiro atoms. The van der Waals surface area contributed by atoms with E-state index in [1.165, 1.54) is 37.3 Å². The molecular formula is C20H21BrFN3O3S. The average Bonchev–Trinajstić information content (AvgIpc) is 3.34. The minimum Gasteiger partial charge on any atom is -0.339 e. The smallest absolute Gasteiger partial charge is 0.262 e. The highest BCUT2D eigenvalue weighted by Gasteiger charge is 2.31. The van der Waals surface area contributed by atoms with Gasteiger partial charge in [0.05, 0.1) is 14.4 Å². The lowest BCUT2D eigenvalue weighted by Gasteiger charge is -2.25. The van der Waals surface area contributed by atoms with Crippen LogP contribution in [0.25, 0.3) is 0 Å². The Morgan fingerprint density at radius 1 is 1.14 bits per heavy atom. The maximum absolute atomic E-state index is 14.5. The van der Waals surface area contributed by atoms with E-state index in [4.69, 9.17) is 0 Å². The summed E-state index contributed by atoms with van der Waals surface area (Å²) in [5, 5.41) is 5.14. The number of nitrogens with one attached hydrogen (secondary N) is 2. The molecule has 0 bridgehead atoms. The highest BCUT2D eigenvalue weighted by molar-refractivity contribution is 9.11. The lowest BCUT2D eigenvalue weighted by Crippen LogP contribution is -2.52. The van der Waals surface area contributed by atoms with Gasteiger partial charge in [-0.15, -0.1) is 11.3 Å². The molecule has 1 aromatic heterocycles. The summed E-state index contributed by atoms with van der Waals surface area (Å²) in [6.07, 6.45) is 1.90. The predicted molar refractivity (Wildman–Crippen MR) is 114 cm³/mol. The summed E-state index contributed by atoms with van der Waals surface area (Å²) >= 11 is 4.54. The van der Waals surface area contributed by atoms with Gasteiger partial charge in [0.2, 0.25) is 5.91 Å². The molecule has 1 fully saturated rings. The van der Waals surface area contributed by atoms with Crippen molar-refractivity contribution >= 4 is 50.7 Å². The molecule has 0 aliphatic carbocycles. The second-order valence-electron chi connectivity index (χ2n) is 7.33. The quantitative estimate of drug-likeness (QED) is 0.676. The van der Waals surface area contributed by atoms with E-state index in [1.807, 2.05) is 0 Å². The summed E-state index contributed by atoms with van der Waals surface area (Å²) in [7, 11) is 0. The van der Waals surface area contributed by atoms with Crippen LogP contribution in [-0.4, -0.2) is 41.2 Å². The summed E-state index contributed by atoms with van der Waals surface area (Å²) in [5.74, 6) is -1.88. The summed E-state index contributed by atoms with van der Waals surface area (Å²) < 4.78 is 15.3. The van der Waals surface area contributed by atoms with Gasteiger partial charge in [0, 0.05) is 18.7 Å². The number of rotatable bonds is 5. The Balaban J connectivity index is 1.67. The molecule has 2 aromatic rings. The number of carbonyl (C=O) groups is 3. The molecule has 0 radical (unpaired) electrons. The molecule has 6 nitrogen and oxygen atoms in total. The lowest BCUT2D eigenvalue weighted by molar-refractivity contribution is -0.121. The molecule has 0 atom stereocenters. The van der Waals surface area contributed by atoms with Crippen molar-refractivity contribution in [1.29, 1.82) is 0 Å². The number of carbonyl (C=O) groups excluding carboxylic acids is 3. The first-order chi connectivity index (χ1) is 13.7. The fraction of sp³-hybridized carbons (Fsp3) is 0.350. The third-order valence-electron chi connectivity index (χ3n) is 4.65. The molecule has 1 saturated heterocycles. The summed E-state index contributed by atoms with van der Waals surface area (Å²) in [6.45, 7) is 4.42. The van der Waals surface area contributed by atoms with Crippen molar-refractivity contribution in [2.75, 3.05) is 18.4 Å². The van der Waals surface area contributed by atoms with Gasteiger partial charge in [-0.05, 0) is 73.0 Å². The molecule has 154 valence electrons. The normalized spacial score (nSPS) is 14.0. The van der Waals surface area contributed by atoms with Crippen LogP contribution in [0.2, 0.25) is 0 Å². The van der Waals surface area contributed by atoms with Crippen molar-refractivity contribution in [1.82, 2.24) is 10.2 Å². The minimum absolute atomic E-state index is 0.0471. The number of anilines is 1. The van der Waals surface area contributed by atoms with Gasteiger partial charge in [0.15, 0.2) is 0 Å². The van der Waals surface area contributed by atoms with Crippen molar-refractivity contribution < 1.29 is 18.8 Å². The van der Waals surface area contributed by atoms with Crippen molar-refractivity contribution in [2.24, 2.45) is 0 Å². The molecule has 2 N–H and O–H groups in total. The van der Waals surface area contributed by atoms with Gasteiger partial charge in [-0.25, -0.2) is 4.39 Å². The van der Waals surface area contributed by atoms with Crippen LogP contribution in [-0.2, 0) is 4.79 Å². The monoisotopic (exact) mass is 481 g/mol. The summed E-state index contributed by atoms with van der Waals surface area (Å²) in [6, 6.07) is 7.38. The van der Waals surface area contributed by atoms with Gasteiger partial charge < -0.3 is 15.5 Å². The zero-order valence-corrected chi connectivity index (χ0v) is 18.5. The zero-order valence-electron chi connectivity index (χ0n) is 16.1. The zero-order chi connectivity index (χ0) is 21.2. The van der Waals surface area contributed by atoms with Crippen LogP contribution in [0.15, 0.2) is 34.1 Å². The Morgan fingerprint density at radius 2 is 1.83 bits per heavy atom. The maximum Gasteiger partial charge on any atom is 0.262 e. The van der Waals surface area contributed by atoms with E-state index in [2.05, 4.69) is 26.6 Å². The van der Waals surface area contributed by atoms with E-state index in [1.54, 1.807) is 17.0 Å². The SMILES string of the molecule is CC(C)(NC(=O)c1ccc(Br)s1)C(=O)Nc1ccc(C(=O)N2CCCC2)cc1F. The van der Waals surface area contributed by atoms with Crippen LogP contribution in [0.5, 0.6) is 0 Å². The van der Waals surface area contributed by atoms with E-state index >= 15 is 0 Å².